The number of pyridine rings is 1. The van der Waals surface area contributed by atoms with Crippen molar-refractivity contribution < 1.29 is 4.74 Å². The summed E-state index contributed by atoms with van der Waals surface area (Å²) in [6, 6.07) is 66.2. The van der Waals surface area contributed by atoms with Gasteiger partial charge < -0.3 is 13.9 Å². The number of hydrogen-bond acceptors (Lipinski definition) is 2. The first-order valence-electron chi connectivity index (χ1n) is 19.2. The summed E-state index contributed by atoms with van der Waals surface area (Å²) in [7, 11) is 0. The van der Waals surface area contributed by atoms with E-state index in [1.54, 1.807) is 0 Å². The fourth-order valence-corrected chi connectivity index (χ4v) is 10.2. The van der Waals surface area contributed by atoms with Crippen LogP contribution in [0.25, 0.3) is 77.0 Å². The number of ether oxygens (including phenoxy) is 1. The molecule has 1 unspecified atom stereocenters. The van der Waals surface area contributed by atoms with Gasteiger partial charge in [-0.1, -0.05) is 127 Å². The summed E-state index contributed by atoms with van der Waals surface area (Å²) in [5.41, 5.74) is 14.5. The molecule has 56 heavy (non-hydrogen) atoms. The van der Waals surface area contributed by atoms with Crippen molar-refractivity contribution in [2.24, 2.45) is 0 Å². The quantitative estimate of drug-likeness (QED) is 0.179. The number of fused-ring (bicyclic) bond motifs is 15. The van der Waals surface area contributed by atoms with Gasteiger partial charge in [-0.3, -0.25) is 4.98 Å². The molecular weight excluding hydrogens is 683 g/mol. The van der Waals surface area contributed by atoms with Crippen LogP contribution in [0.2, 0.25) is 0 Å². The van der Waals surface area contributed by atoms with E-state index in [0.29, 0.717) is 0 Å². The average Bonchev–Trinajstić information content (AvgIpc) is 3.77. The normalized spacial score (nSPS) is 15.4. The molecule has 0 fully saturated rings. The molecule has 11 aromatic rings. The van der Waals surface area contributed by atoms with Crippen LogP contribution in [0, 0.1) is 0 Å². The van der Waals surface area contributed by atoms with Crippen LogP contribution in [-0.2, 0) is 5.41 Å². The SMILES string of the molecule is c1ccc2c(c1)Oc1cc3c(cc1C21c2ccccc2-n2c4ccccc4c4cccc1c42)c1ccccc1n3-c1ccc(-c2cccc3cccnc23)cc1. The van der Waals surface area contributed by atoms with Crippen LogP contribution >= 0.6 is 0 Å². The van der Waals surface area contributed by atoms with E-state index in [1.807, 2.05) is 12.3 Å². The average molecular weight is 714 g/mol. The molecule has 1 spiro atoms. The van der Waals surface area contributed by atoms with Crippen LogP contribution in [-0.4, -0.2) is 14.1 Å². The molecule has 5 heterocycles. The lowest BCUT2D eigenvalue weighted by molar-refractivity contribution is 0.435. The summed E-state index contributed by atoms with van der Waals surface area (Å²) >= 11 is 0. The zero-order chi connectivity index (χ0) is 36.5. The van der Waals surface area contributed by atoms with Crippen LogP contribution in [0.3, 0.4) is 0 Å². The van der Waals surface area contributed by atoms with E-state index in [4.69, 9.17) is 9.72 Å². The van der Waals surface area contributed by atoms with Crippen molar-refractivity contribution in [2.45, 2.75) is 5.41 Å². The fourth-order valence-electron chi connectivity index (χ4n) is 10.2. The van der Waals surface area contributed by atoms with Gasteiger partial charge in [0.1, 0.15) is 11.5 Å². The van der Waals surface area contributed by atoms with E-state index in [-0.39, 0.29) is 0 Å². The fraction of sp³-hybridized carbons (Fsp3) is 0.0192. The Morgan fingerprint density at radius 2 is 1.12 bits per heavy atom. The first-order chi connectivity index (χ1) is 27.8. The second kappa shape index (κ2) is 10.8. The molecule has 0 saturated carbocycles. The molecule has 1 atom stereocenters. The molecular formula is C52H31N3O. The van der Waals surface area contributed by atoms with Gasteiger partial charge in [0.15, 0.2) is 0 Å². The van der Waals surface area contributed by atoms with Gasteiger partial charge in [0.25, 0.3) is 0 Å². The Kier molecular flexibility index (Phi) is 5.80. The number of hydrogen-bond donors (Lipinski definition) is 0. The van der Waals surface area contributed by atoms with E-state index in [2.05, 4.69) is 185 Å². The molecule has 13 rings (SSSR count). The van der Waals surface area contributed by atoms with Crippen molar-refractivity contribution in [2.75, 3.05) is 0 Å². The van der Waals surface area contributed by atoms with E-state index >= 15 is 0 Å². The van der Waals surface area contributed by atoms with E-state index in [9.17, 15) is 0 Å². The molecule has 0 saturated heterocycles. The lowest BCUT2D eigenvalue weighted by Crippen LogP contribution is -2.37. The first kappa shape index (κ1) is 30.0. The largest absolute Gasteiger partial charge is 0.457 e. The molecule has 4 heteroatoms. The van der Waals surface area contributed by atoms with Crippen LogP contribution in [0.1, 0.15) is 22.3 Å². The molecule has 0 radical (unpaired) electrons. The summed E-state index contributed by atoms with van der Waals surface area (Å²) in [6.07, 6.45) is 1.87. The van der Waals surface area contributed by atoms with Gasteiger partial charge in [0, 0.05) is 61.6 Å². The van der Waals surface area contributed by atoms with Gasteiger partial charge in [-0.2, -0.15) is 0 Å². The Morgan fingerprint density at radius 1 is 0.446 bits per heavy atom. The summed E-state index contributed by atoms with van der Waals surface area (Å²) in [5, 5.41) is 6.06. The lowest BCUT2D eigenvalue weighted by atomic mass is 9.61. The molecule has 3 aromatic heterocycles. The van der Waals surface area contributed by atoms with Crippen LogP contribution in [0.15, 0.2) is 188 Å². The monoisotopic (exact) mass is 713 g/mol. The van der Waals surface area contributed by atoms with Crippen molar-refractivity contribution in [3.63, 3.8) is 0 Å². The third-order valence-corrected chi connectivity index (χ3v) is 12.4. The van der Waals surface area contributed by atoms with Crippen molar-refractivity contribution in [1.82, 2.24) is 14.1 Å². The smallest absolute Gasteiger partial charge is 0.134 e. The summed E-state index contributed by atoms with van der Waals surface area (Å²) in [6.45, 7) is 0. The maximum Gasteiger partial charge on any atom is 0.134 e. The van der Waals surface area contributed by atoms with Crippen LogP contribution in [0.5, 0.6) is 11.5 Å². The van der Waals surface area contributed by atoms with Gasteiger partial charge in [0.2, 0.25) is 0 Å². The number of aromatic nitrogens is 3. The highest BCUT2D eigenvalue weighted by molar-refractivity contribution is 6.13. The highest BCUT2D eigenvalue weighted by atomic mass is 16.5. The Hall–Kier alpha value is -7.43. The Morgan fingerprint density at radius 3 is 2.00 bits per heavy atom. The molecule has 2 aliphatic rings. The Balaban J connectivity index is 1.11. The van der Waals surface area contributed by atoms with Crippen molar-refractivity contribution >= 4 is 54.5 Å². The van der Waals surface area contributed by atoms with E-state index in [1.165, 1.54) is 49.4 Å². The Labute approximate surface area is 322 Å². The second-order valence-corrected chi connectivity index (χ2v) is 15.1. The molecule has 8 aromatic carbocycles. The topological polar surface area (TPSA) is 32.0 Å². The lowest BCUT2D eigenvalue weighted by Gasteiger charge is -2.45. The Bertz CT molecular complexity index is 3460. The van der Waals surface area contributed by atoms with Crippen molar-refractivity contribution in [1.29, 1.82) is 0 Å². The summed E-state index contributed by atoms with van der Waals surface area (Å²) in [4.78, 5) is 4.73. The van der Waals surface area contributed by atoms with Crippen LogP contribution in [0.4, 0.5) is 0 Å². The number of para-hydroxylation sites is 6. The van der Waals surface area contributed by atoms with Crippen molar-refractivity contribution in [3.8, 4) is 34.0 Å². The van der Waals surface area contributed by atoms with Gasteiger partial charge in [-0.15, -0.1) is 0 Å². The van der Waals surface area contributed by atoms with E-state index < -0.39 is 5.41 Å². The third-order valence-electron chi connectivity index (χ3n) is 12.4. The maximum absolute atomic E-state index is 7.05. The molecule has 0 N–H and O–H groups in total. The summed E-state index contributed by atoms with van der Waals surface area (Å²) < 4.78 is 11.9. The molecule has 0 aliphatic carbocycles. The zero-order valence-corrected chi connectivity index (χ0v) is 30.1. The highest BCUT2D eigenvalue weighted by Crippen LogP contribution is 2.61. The minimum atomic E-state index is -0.629. The zero-order valence-electron chi connectivity index (χ0n) is 30.1. The number of nitrogens with zero attached hydrogens (tertiary/aromatic N) is 3. The number of rotatable bonds is 2. The molecule has 0 amide bonds. The van der Waals surface area contributed by atoms with Crippen LogP contribution < -0.4 is 4.74 Å². The van der Waals surface area contributed by atoms with Gasteiger partial charge >= 0.3 is 0 Å². The minimum absolute atomic E-state index is 0.629. The first-order valence-corrected chi connectivity index (χ1v) is 19.2. The van der Waals surface area contributed by atoms with Crippen molar-refractivity contribution in [3.05, 3.63) is 210 Å². The second-order valence-electron chi connectivity index (χ2n) is 15.1. The van der Waals surface area contributed by atoms with E-state index in [0.717, 1.165) is 61.4 Å². The standard InChI is InChI=1S/C52H31N3O/c1-6-22-45-36(14-1)38-17-10-20-42-51(38)55(45)46-23-7-3-18-40(46)52(42)41-19-4-8-24-48(41)56-49-31-47-39(30-43(49)52)37-15-2-5-21-44(37)54(47)34-27-25-32(26-28-34)35-16-9-12-33-13-11-29-53-50(33)35/h1-31H. The molecule has 0 bridgehead atoms. The predicted molar refractivity (Wildman–Crippen MR) is 228 cm³/mol. The molecule has 260 valence electrons. The molecule has 2 aliphatic heterocycles. The third kappa shape index (κ3) is 3.70. The molecule has 4 nitrogen and oxygen atoms in total. The highest BCUT2D eigenvalue weighted by Gasteiger charge is 2.50. The number of benzene rings is 8. The maximum atomic E-state index is 7.05. The predicted octanol–water partition coefficient (Wildman–Crippen LogP) is 12.9. The summed E-state index contributed by atoms with van der Waals surface area (Å²) in [5.74, 6) is 1.75. The van der Waals surface area contributed by atoms with Gasteiger partial charge in [-0.05, 0) is 65.2 Å². The van der Waals surface area contributed by atoms with Gasteiger partial charge in [0.05, 0.1) is 38.7 Å². The minimum Gasteiger partial charge on any atom is -0.457 e. The van der Waals surface area contributed by atoms with Gasteiger partial charge in [-0.25, -0.2) is 0 Å².